The van der Waals surface area contributed by atoms with E-state index in [4.69, 9.17) is 4.98 Å². The molecule has 4 heteroatoms. The van der Waals surface area contributed by atoms with Crippen molar-refractivity contribution >= 4 is 72.6 Å². The lowest BCUT2D eigenvalue weighted by Crippen LogP contribution is -2.75. The molecule has 0 spiro atoms. The third-order valence-corrected chi connectivity index (χ3v) is 18.7. The fourth-order valence-corrected chi connectivity index (χ4v) is 15.6. The largest absolute Gasteiger partial charge is 0.309 e. The molecular weight excluding hydrogens is 851 g/mol. The summed E-state index contributed by atoms with van der Waals surface area (Å²) in [5.41, 5.74) is 12.7. The number of nitrogens with zero attached hydrogens (tertiary/aromatic N) is 3. The van der Waals surface area contributed by atoms with Crippen molar-refractivity contribution < 1.29 is 0 Å². The molecule has 3 aromatic heterocycles. The molecule has 3 heterocycles. The minimum absolute atomic E-state index is 0.881. The van der Waals surface area contributed by atoms with E-state index in [-0.39, 0.29) is 0 Å². The molecule has 0 saturated carbocycles. The normalized spacial score (nSPS) is 11.8. The van der Waals surface area contributed by atoms with Gasteiger partial charge in [0.1, 0.15) is 5.82 Å². The molecule has 0 aliphatic rings. The Labute approximate surface area is 402 Å². The Hall–Kier alpha value is -8.83. The number of hydrogen-bond donors (Lipinski definition) is 0. The zero-order valence-electron chi connectivity index (χ0n) is 37.8. The summed E-state index contributed by atoms with van der Waals surface area (Å²) in [4.78, 5) is 6.04. The number of fused-ring (bicyclic) bond motifs is 7. The molecule has 0 amide bonds. The SMILES string of the molecule is c1ccc(-c2ccc3c(c2)c2c(cc(-c4ccccc4)c4c5cc(-c6ccccc6)ccc5n(-c5cccc([Si](c6ccccc6)(c6ccccc6)c6ccccc6)n5)c42)n3-c2ccccc2)cc1. The van der Waals surface area contributed by atoms with Gasteiger partial charge in [-0.2, -0.15) is 0 Å². The molecule has 0 fully saturated rings. The lowest BCUT2D eigenvalue weighted by Gasteiger charge is -2.33. The van der Waals surface area contributed by atoms with Crippen molar-refractivity contribution in [3.63, 3.8) is 0 Å². The summed E-state index contributed by atoms with van der Waals surface area (Å²) in [6.45, 7) is 0. The Morgan fingerprint density at radius 3 is 1.25 bits per heavy atom. The molecule has 0 unspecified atom stereocenters. The molecule has 0 aliphatic carbocycles. The van der Waals surface area contributed by atoms with Gasteiger partial charge in [0, 0.05) is 32.5 Å². The predicted molar refractivity (Wildman–Crippen MR) is 293 cm³/mol. The Bertz CT molecular complexity index is 3870. The summed E-state index contributed by atoms with van der Waals surface area (Å²) in [5.74, 6) is 0.881. The molecule has 13 aromatic rings. The van der Waals surface area contributed by atoms with E-state index in [1.165, 1.54) is 64.9 Å². The Kier molecular flexibility index (Phi) is 9.85. The molecule has 3 nitrogen and oxygen atoms in total. The lowest BCUT2D eigenvalue weighted by molar-refractivity contribution is 1.10. The minimum Gasteiger partial charge on any atom is -0.309 e. The number of rotatable bonds is 9. The predicted octanol–water partition coefficient (Wildman–Crippen LogP) is 13.7. The second-order valence-electron chi connectivity index (χ2n) is 17.8. The van der Waals surface area contributed by atoms with E-state index in [1.807, 2.05) is 0 Å². The zero-order valence-corrected chi connectivity index (χ0v) is 38.8. The fraction of sp³-hybridized carbons (Fsp3) is 0. The van der Waals surface area contributed by atoms with Crippen molar-refractivity contribution in [2.45, 2.75) is 0 Å². The van der Waals surface area contributed by atoms with Gasteiger partial charge in [0.15, 0.2) is 0 Å². The van der Waals surface area contributed by atoms with E-state index in [2.05, 4.69) is 282 Å². The van der Waals surface area contributed by atoms with Gasteiger partial charge in [0.25, 0.3) is 0 Å². The third kappa shape index (κ3) is 6.60. The van der Waals surface area contributed by atoms with Gasteiger partial charge in [-0.25, -0.2) is 4.98 Å². The summed E-state index contributed by atoms with van der Waals surface area (Å²) < 4.78 is 4.95. The molecule has 0 aliphatic heterocycles. The van der Waals surface area contributed by atoms with Gasteiger partial charge in [-0.3, -0.25) is 4.57 Å². The zero-order chi connectivity index (χ0) is 45.7. The van der Waals surface area contributed by atoms with Crippen LogP contribution in [-0.2, 0) is 0 Å². The second-order valence-corrected chi connectivity index (χ2v) is 21.6. The van der Waals surface area contributed by atoms with Crippen LogP contribution in [0.4, 0.5) is 0 Å². The van der Waals surface area contributed by atoms with E-state index in [0.29, 0.717) is 0 Å². The van der Waals surface area contributed by atoms with Crippen LogP contribution in [0.15, 0.2) is 273 Å². The standard InChI is InChI=1S/C65H45N3Si/c1-8-23-46(24-9-1)49-40-42-59-56(43-49)63-55(48-27-12-3-13-28-48)45-60-64(57-44-50(47-25-10-2-11-26-47)39-41-58(57)67(60)51-29-14-4-15-30-51)65(63)68(59)61-37-22-38-62(66-61)69(52-31-16-5-17-32-52,53-33-18-6-19-34-53)54-35-20-7-21-36-54/h1-45H. The summed E-state index contributed by atoms with van der Waals surface area (Å²) in [6, 6.07) is 99.8. The monoisotopic (exact) mass is 895 g/mol. The van der Waals surface area contributed by atoms with Gasteiger partial charge >= 0.3 is 0 Å². The van der Waals surface area contributed by atoms with Crippen LogP contribution in [0.1, 0.15) is 0 Å². The van der Waals surface area contributed by atoms with Crippen molar-refractivity contribution in [1.82, 2.24) is 14.1 Å². The maximum absolute atomic E-state index is 6.04. The molecular formula is C65H45N3Si. The maximum Gasteiger partial charge on any atom is 0.201 e. The molecule has 0 saturated heterocycles. The van der Waals surface area contributed by atoms with Crippen LogP contribution in [0, 0.1) is 0 Å². The van der Waals surface area contributed by atoms with Crippen molar-refractivity contribution in [2.75, 3.05) is 0 Å². The van der Waals surface area contributed by atoms with Crippen LogP contribution >= 0.6 is 0 Å². The van der Waals surface area contributed by atoms with E-state index in [0.717, 1.165) is 44.5 Å². The maximum atomic E-state index is 6.04. The minimum atomic E-state index is -3.01. The van der Waals surface area contributed by atoms with Crippen LogP contribution in [0.25, 0.3) is 88.5 Å². The number of aromatic nitrogens is 3. The first-order valence-corrected chi connectivity index (χ1v) is 25.7. The average Bonchev–Trinajstić information content (AvgIpc) is 3.95. The Morgan fingerprint density at radius 2 is 0.739 bits per heavy atom. The van der Waals surface area contributed by atoms with Gasteiger partial charge in [-0.1, -0.05) is 218 Å². The van der Waals surface area contributed by atoms with E-state index in [9.17, 15) is 0 Å². The molecule has 69 heavy (non-hydrogen) atoms. The number of hydrogen-bond acceptors (Lipinski definition) is 1. The summed E-state index contributed by atoms with van der Waals surface area (Å²) in [5, 5.41) is 9.68. The highest BCUT2D eigenvalue weighted by Crippen LogP contribution is 2.47. The van der Waals surface area contributed by atoms with Crippen LogP contribution in [0.3, 0.4) is 0 Å². The van der Waals surface area contributed by atoms with Gasteiger partial charge in [0.05, 0.1) is 22.1 Å². The highest BCUT2D eigenvalue weighted by molar-refractivity contribution is 7.19. The molecule has 0 atom stereocenters. The van der Waals surface area contributed by atoms with Gasteiger partial charge in [-0.15, -0.1) is 0 Å². The second kappa shape index (κ2) is 16.8. The molecule has 13 rings (SSSR count). The molecule has 0 radical (unpaired) electrons. The fourth-order valence-electron chi connectivity index (χ4n) is 11.0. The van der Waals surface area contributed by atoms with Crippen LogP contribution < -0.4 is 20.9 Å². The summed E-state index contributed by atoms with van der Waals surface area (Å²) in [6.07, 6.45) is 0. The quantitative estimate of drug-likeness (QED) is 0.105. The van der Waals surface area contributed by atoms with Crippen molar-refractivity contribution in [1.29, 1.82) is 0 Å². The highest BCUT2D eigenvalue weighted by atomic mass is 28.3. The number of pyridine rings is 1. The van der Waals surface area contributed by atoms with Gasteiger partial charge in [-0.05, 0) is 104 Å². The molecule has 0 bridgehead atoms. The number of benzene rings is 10. The lowest BCUT2D eigenvalue weighted by atomic mass is 9.95. The number of para-hydroxylation sites is 1. The van der Waals surface area contributed by atoms with E-state index in [1.54, 1.807) is 0 Å². The van der Waals surface area contributed by atoms with Crippen molar-refractivity contribution in [2.24, 2.45) is 0 Å². The molecule has 0 N–H and O–H groups in total. The first-order chi connectivity index (χ1) is 34.3. The molecule has 324 valence electrons. The van der Waals surface area contributed by atoms with Crippen LogP contribution in [0.2, 0.25) is 0 Å². The first-order valence-electron chi connectivity index (χ1n) is 23.7. The average molecular weight is 896 g/mol. The Balaban J connectivity index is 1.23. The summed E-state index contributed by atoms with van der Waals surface area (Å²) in [7, 11) is -3.01. The van der Waals surface area contributed by atoms with E-state index < -0.39 is 8.07 Å². The Morgan fingerprint density at radius 1 is 0.304 bits per heavy atom. The highest BCUT2D eigenvalue weighted by Gasteiger charge is 2.43. The van der Waals surface area contributed by atoms with Crippen molar-refractivity contribution in [3.8, 4) is 44.9 Å². The third-order valence-electron chi connectivity index (χ3n) is 14.0. The summed E-state index contributed by atoms with van der Waals surface area (Å²) >= 11 is 0. The first kappa shape index (κ1) is 40.4. The van der Waals surface area contributed by atoms with Crippen LogP contribution in [0.5, 0.6) is 0 Å². The van der Waals surface area contributed by atoms with Crippen molar-refractivity contribution in [3.05, 3.63) is 273 Å². The van der Waals surface area contributed by atoms with Gasteiger partial charge < -0.3 is 4.57 Å². The molecule has 10 aromatic carbocycles. The topological polar surface area (TPSA) is 22.8 Å². The smallest absolute Gasteiger partial charge is 0.201 e. The van der Waals surface area contributed by atoms with E-state index >= 15 is 0 Å². The van der Waals surface area contributed by atoms with Gasteiger partial charge in [0.2, 0.25) is 8.07 Å². The van der Waals surface area contributed by atoms with Crippen LogP contribution in [-0.4, -0.2) is 22.2 Å².